The standard InChI is InChI=1S/C18H20BrNO/c1-18(2,13-14-7-4-3-5-8-14)20-17(21)12-15-9-6-10-16(19)11-15/h3-11H,12-13H2,1-2H3,(H,20,21). The van der Waals surface area contributed by atoms with Crippen molar-refractivity contribution in [1.82, 2.24) is 5.32 Å². The summed E-state index contributed by atoms with van der Waals surface area (Å²) in [6, 6.07) is 18.1. The number of halogens is 1. The molecule has 0 spiro atoms. The maximum absolute atomic E-state index is 12.2. The number of nitrogens with one attached hydrogen (secondary N) is 1. The molecule has 1 N–H and O–H groups in total. The zero-order valence-electron chi connectivity index (χ0n) is 12.4. The van der Waals surface area contributed by atoms with Gasteiger partial charge in [0.05, 0.1) is 6.42 Å². The first-order valence-corrected chi connectivity index (χ1v) is 7.83. The summed E-state index contributed by atoms with van der Waals surface area (Å²) in [5, 5.41) is 3.12. The molecule has 0 heterocycles. The molecular formula is C18H20BrNO. The number of carbonyl (C=O) groups is 1. The van der Waals surface area contributed by atoms with Crippen LogP contribution in [0.5, 0.6) is 0 Å². The first kappa shape index (κ1) is 15.8. The van der Waals surface area contributed by atoms with E-state index in [1.165, 1.54) is 5.56 Å². The molecule has 0 aliphatic heterocycles. The number of hydrogen-bond acceptors (Lipinski definition) is 1. The third-order valence-electron chi connectivity index (χ3n) is 3.22. The van der Waals surface area contributed by atoms with E-state index in [2.05, 4.69) is 47.2 Å². The largest absolute Gasteiger partial charge is 0.351 e. The molecule has 110 valence electrons. The highest BCUT2D eigenvalue weighted by atomic mass is 79.9. The Labute approximate surface area is 134 Å². The third-order valence-corrected chi connectivity index (χ3v) is 3.71. The quantitative estimate of drug-likeness (QED) is 0.867. The van der Waals surface area contributed by atoms with Crippen LogP contribution in [0, 0.1) is 0 Å². The van der Waals surface area contributed by atoms with E-state index < -0.39 is 0 Å². The molecule has 2 rings (SSSR count). The molecule has 0 saturated heterocycles. The van der Waals surface area contributed by atoms with Crippen molar-refractivity contribution in [3.05, 3.63) is 70.2 Å². The van der Waals surface area contributed by atoms with E-state index in [1.54, 1.807) is 0 Å². The normalized spacial score (nSPS) is 11.2. The first-order valence-electron chi connectivity index (χ1n) is 7.04. The van der Waals surface area contributed by atoms with Crippen molar-refractivity contribution < 1.29 is 4.79 Å². The minimum Gasteiger partial charge on any atom is -0.351 e. The third kappa shape index (κ3) is 5.35. The van der Waals surface area contributed by atoms with Gasteiger partial charge in [-0.1, -0.05) is 58.4 Å². The average molecular weight is 346 g/mol. The van der Waals surface area contributed by atoms with Gasteiger partial charge in [0.25, 0.3) is 0 Å². The SMILES string of the molecule is CC(C)(Cc1ccccc1)NC(=O)Cc1cccc(Br)c1. The molecule has 21 heavy (non-hydrogen) atoms. The zero-order valence-corrected chi connectivity index (χ0v) is 14.0. The fourth-order valence-corrected chi connectivity index (χ4v) is 2.85. The topological polar surface area (TPSA) is 29.1 Å². The number of amides is 1. The zero-order chi connectivity index (χ0) is 15.3. The highest BCUT2D eigenvalue weighted by Gasteiger charge is 2.20. The maximum atomic E-state index is 12.2. The Hall–Kier alpha value is -1.61. The summed E-state index contributed by atoms with van der Waals surface area (Å²) in [6.45, 7) is 4.11. The second-order valence-electron chi connectivity index (χ2n) is 5.90. The number of benzene rings is 2. The van der Waals surface area contributed by atoms with Crippen molar-refractivity contribution in [2.75, 3.05) is 0 Å². The summed E-state index contributed by atoms with van der Waals surface area (Å²) in [7, 11) is 0. The number of carbonyl (C=O) groups excluding carboxylic acids is 1. The Morgan fingerprint density at radius 2 is 1.71 bits per heavy atom. The molecule has 0 radical (unpaired) electrons. The highest BCUT2D eigenvalue weighted by molar-refractivity contribution is 9.10. The van der Waals surface area contributed by atoms with Gasteiger partial charge in [-0.05, 0) is 43.5 Å². The Morgan fingerprint density at radius 1 is 1.05 bits per heavy atom. The second kappa shape index (κ2) is 6.90. The van der Waals surface area contributed by atoms with Crippen molar-refractivity contribution >= 4 is 21.8 Å². The van der Waals surface area contributed by atoms with Crippen LogP contribution in [0.25, 0.3) is 0 Å². The van der Waals surface area contributed by atoms with Crippen molar-refractivity contribution in [3.63, 3.8) is 0 Å². The molecule has 2 aromatic carbocycles. The van der Waals surface area contributed by atoms with Gasteiger partial charge in [-0.3, -0.25) is 4.79 Å². The summed E-state index contributed by atoms with van der Waals surface area (Å²) in [6.07, 6.45) is 1.22. The van der Waals surface area contributed by atoms with Crippen LogP contribution in [-0.4, -0.2) is 11.4 Å². The van der Waals surface area contributed by atoms with Crippen molar-refractivity contribution in [3.8, 4) is 0 Å². The molecule has 2 nitrogen and oxygen atoms in total. The minimum atomic E-state index is -0.259. The van der Waals surface area contributed by atoms with E-state index in [0.717, 1.165) is 16.5 Å². The molecule has 0 aromatic heterocycles. The van der Waals surface area contributed by atoms with Crippen LogP contribution in [0.2, 0.25) is 0 Å². The molecular weight excluding hydrogens is 326 g/mol. The van der Waals surface area contributed by atoms with Crippen LogP contribution in [0.15, 0.2) is 59.1 Å². The van der Waals surface area contributed by atoms with Gasteiger partial charge in [0.2, 0.25) is 5.91 Å². The minimum absolute atomic E-state index is 0.0500. The Bertz CT molecular complexity index is 608. The van der Waals surface area contributed by atoms with E-state index in [9.17, 15) is 4.79 Å². The molecule has 0 aliphatic carbocycles. The van der Waals surface area contributed by atoms with Crippen LogP contribution in [-0.2, 0) is 17.6 Å². The Kier molecular flexibility index (Phi) is 5.18. The maximum Gasteiger partial charge on any atom is 0.224 e. The van der Waals surface area contributed by atoms with Gasteiger partial charge in [0, 0.05) is 10.0 Å². The molecule has 0 fully saturated rings. The molecule has 0 saturated carbocycles. The fourth-order valence-electron chi connectivity index (χ4n) is 2.40. The monoisotopic (exact) mass is 345 g/mol. The predicted molar refractivity (Wildman–Crippen MR) is 90.2 cm³/mol. The van der Waals surface area contributed by atoms with E-state index in [-0.39, 0.29) is 11.4 Å². The smallest absolute Gasteiger partial charge is 0.224 e. The molecule has 0 bridgehead atoms. The van der Waals surface area contributed by atoms with Crippen LogP contribution in [0.4, 0.5) is 0 Å². The molecule has 0 atom stereocenters. The highest BCUT2D eigenvalue weighted by Crippen LogP contribution is 2.15. The van der Waals surface area contributed by atoms with Crippen molar-refractivity contribution in [2.24, 2.45) is 0 Å². The van der Waals surface area contributed by atoms with E-state index in [1.807, 2.05) is 42.5 Å². The van der Waals surface area contributed by atoms with Gasteiger partial charge in [-0.15, -0.1) is 0 Å². The summed E-state index contributed by atoms with van der Waals surface area (Å²) in [5.41, 5.74) is 1.98. The lowest BCUT2D eigenvalue weighted by atomic mass is 9.94. The Balaban J connectivity index is 1.95. The molecule has 0 aliphatic rings. The second-order valence-corrected chi connectivity index (χ2v) is 6.82. The number of hydrogen-bond donors (Lipinski definition) is 1. The van der Waals surface area contributed by atoms with E-state index in [0.29, 0.717) is 6.42 Å². The van der Waals surface area contributed by atoms with Gasteiger partial charge in [0.1, 0.15) is 0 Å². The average Bonchev–Trinajstić information content (AvgIpc) is 2.38. The molecule has 3 heteroatoms. The molecule has 0 unspecified atom stereocenters. The van der Waals surface area contributed by atoms with Crippen LogP contribution < -0.4 is 5.32 Å². The van der Waals surface area contributed by atoms with Crippen molar-refractivity contribution in [1.29, 1.82) is 0 Å². The fraction of sp³-hybridized carbons (Fsp3) is 0.278. The van der Waals surface area contributed by atoms with Crippen molar-refractivity contribution in [2.45, 2.75) is 32.2 Å². The molecule has 1 amide bonds. The lowest BCUT2D eigenvalue weighted by Crippen LogP contribution is -2.45. The van der Waals surface area contributed by atoms with Crippen LogP contribution in [0.1, 0.15) is 25.0 Å². The summed E-state index contributed by atoms with van der Waals surface area (Å²) in [5.74, 6) is 0.0500. The summed E-state index contributed by atoms with van der Waals surface area (Å²) < 4.78 is 0.997. The van der Waals surface area contributed by atoms with Gasteiger partial charge in [0.15, 0.2) is 0 Å². The van der Waals surface area contributed by atoms with Crippen LogP contribution >= 0.6 is 15.9 Å². The lowest BCUT2D eigenvalue weighted by molar-refractivity contribution is -0.122. The molecule has 2 aromatic rings. The van der Waals surface area contributed by atoms with Crippen LogP contribution in [0.3, 0.4) is 0 Å². The van der Waals surface area contributed by atoms with Gasteiger partial charge in [-0.25, -0.2) is 0 Å². The van der Waals surface area contributed by atoms with Gasteiger partial charge in [-0.2, -0.15) is 0 Å². The Morgan fingerprint density at radius 3 is 2.38 bits per heavy atom. The predicted octanol–water partition coefficient (Wildman–Crippen LogP) is 4.13. The van der Waals surface area contributed by atoms with E-state index >= 15 is 0 Å². The summed E-state index contributed by atoms with van der Waals surface area (Å²) in [4.78, 5) is 12.2. The van der Waals surface area contributed by atoms with Gasteiger partial charge >= 0.3 is 0 Å². The summed E-state index contributed by atoms with van der Waals surface area (Å²) >= 11 is 3.43. The number of rotatable bonds is 5. The van der Waals surface area contributed by atoms with E-state index in [4.69, 9.17) is 0 Å². The lowest BCUT2D eigenvalue weighted by Gasteiger charge is -2.26. The first-order chi connectivity index (χ1) is 9.94. The van der Waals surface area contributed by atoms with Gasteiger partial charge < -0.3 is 5.32 Å².